The quantitative estimate of drug-likeness (QED) is 0.750. The zero-order chi connectivity index (χ0) is 21.0. The highest BCUT2D eigenvalue weighted by Gasteiger charge is 2.23. The second-order valence-electron chi connectivity index (χ2n) is 7.65. The van der Waals surface area contributed by atoms with E-state index in [2.05, 4.69) is 17.4 Å². The van der Waals surface area contributed by atoms with E-state index in [4.69, 9.17) is 0 Å². The number of fused-ring (bicyclic) bond motifs is 1. The highest BCUT2D eigenvalue weighted by atomic mass is 32.2. The largest absolute Gasteiger partial charge is 0.348 e. The molecule has 29 heavy (non-hydrogen) atoms. The van der Waals surface area contributed by atoms with E-state index in [9.17, 15) is 17.6 Å². The van der Waals surface area contributed by atoms with Crippen LogP contribution in [0.1, 0.15) is 48.1 Å². The van der Waals surface area contributed by atoms with Crippen molar-refractivity contribution in [3.05, 3.63) is 70.5 Å². The number of halogens is 1. The third-order valence-electron chi connectivity index (χ3n) is 5.34. The number of benzene rings is 2. The second-order valence-corrected chi connectivity index (χ2v) is 9.63. The molecule has 0 fully saturated rings. The number of aryl methyl sites for hydroxylation is 2. The van der Waals surface area contributed by atoms with Crippen molar-refractivity contribution in [1.29, 1.82) is 0 Å². The zero-order valence-electron chi connectivity index (χ0n) is 16.8. The lowest BCUT2D eigenvalue weighted by Crippen LogP contribution is -2.40. The summed E-state index contributed by atoms with van der Waals surface area (Å²) in [6.45, 7) is 1.33. The molecule has 0 unspecified atom stereocenters. The number of hydrogen-bond donors (Lipinski definition) is 1. The van der Waals surface area contributed by atoms with E-state index in [1.165, 1.54) is 42.2 Å². The SMILES string of the molecule is C[C@H](NC(=O)CN(Cc1ccccc1F)S(C)(=O)=O)c1ccc2c(c1)CCCC2. The van der Waals surface area contributed by atoms with Crippen LogP contribution in [0, 0.1) is 5.82 Å². The molecule has 1 aliphatic rings. The average molecular weight is 419 g/mol. The maximum Gasteiger partial charge on any atom is 0.235 e. The van der Waals surface area contributed by atoms with Crippen molar-refractivity contribution in [2.45, 2.75) is 45.2 Å². The molecule has 1 aliphatic carbocycles. The van der Waals surface area contributed by atoms with Crippen molar-refractivity contribution < 1.29 is 17.6 Å². The van der Waals surface area contributed by atoms with Gasteiger partial charge in [-0.3, -0.25) is 4.79 Å². The van der Waals surface area contributed by atoms with Crippen LogP contribution in [0.15, 0.2) is 42.5 Å². The van der Waals surface area contributed by atoms with Crippen molar-refractivity contribution >= 4 is 15.9 Å². The summed E-state index contributed by atoms with van der Waals surface area (Å²) < 4.78 is 39.2. The summed E-state index contributed by atoms with van der Waals surface area (Å²) >= 11 is 0. The molecule has 156 valence electrons. The van der Waals surface area contributed by atoms with Gasteiger partial charge in [-0.05, 0) is 55.4 Å². The summed E-state index contributed by atoms with van der Waals surface area (Å²) in [6, 6.07) is 12.0. The molecule has 1 N–H and O–H groups in total. The predicted molar refractivity (Wildman–Crippen MR) is 111 cm³/mol. The molecule has 1 amide bonds. The Kier molecular flexibility index (Phi) is 6.70. The van der Waals surface area contributed by atoms with Gasteiger partial charge in [0.1, 0.15) is 5.82 Å². The lowest BCUT2D eigenvalue weighted by molar-refractivity contribution is -0.122. The molecule has 2 aromatic rings. The lowest BCUT2D eigenvalue weighted by atomic mass is 9.89. The molecule has 7 heteroatoms. The van der Waals surface area contributed by atoms with Gasteiger partial charge in [0.05, 0.1) is 18.8 Å². The standard InChI is InChI=1S/C22H27FN2O3S/c1-16(18-12-11-17-7-3-4-8-19(17)13-18)24-22(26)15-25(29(2,27)28)14-20-9-5-6-10-21(20)23/h5-6,9-13,16H,3-4,7-8,14-15H2,1-2H3,(H,24,26)/t16-/m0/s1. The van der Waals surface area contributed by atoms with E-state index in [0.717, 1.165) is 29.0 Å². The van der Waals surface area contributed by atoms with Gasteiger partial charge in [0.15, 0.2) is 0 Å². The molecule has 0 spiro atoms. The van der Waals surface area contributed by atoms with Gasteiger partial charge in [-0.1, -0.05) is 36.4 Å². The maximum atomic E-state index is 13.9. The fourth-order valence-electron chi connectivity index (χ4n) is 3.66. The monoisotopic (exact) mass is 418 g/mol. The lowest BCUT2D eigenvalue weighted by Gasteiger charge is -2.23. The highest BCUT2D eigenvalue weighted by molar-refractivity contribution is 7.88. The predicted octanol–water partition coefficient (Wildman–Crippen LogP) is 3.34. The number of nitrogens with one attached hydrogen (secondary N) is 1. The fourth-order valence-corrected chi connectivity index (χ4v) is 4.39. The van der Waals surface area contributed by atoms with Crippen molar-refractivity contribution in [2.24, 2.45) is 0 Å². The molecule has 0 saturated carbocycles. The van der Waals surface area contributed by atoms with Crippen molar-refractivity contribution in [2.75, 3.05) is 12.8 Å². The molecule has 0 aromatic heterocycles. The molecule has 0 bridgehead atoms. The van der Waals surface area contributed by atoms with Gasteiger partial charge in [-0.25, -0.2) is 12.8 Å². The number of rotatable bonds is 7. The Balaban J connectivity index is 1.67. The minimum Gasteiger partial charge on any atom is -0.348 e. The summed E-state index contributed by atoms with van der Waals surface area (Å²) in [5.41, 5.74) is 3.92. The van der Waals surface area contributed by atoms with E-state index in [-0.39, 0.29) is 24.7 Å². The van der Waals surface area contributed by atoms with E-state index in [1.54, 1.807) is 6.07 Å². The first-order valence-electron chi connectivity index (χ1n) is 9.83. The molecular formula is C22H27FN2O3S. The normalized spacial score (nSPS) is 15.0. The van der Waals surface area contributed by atoms with Gasteiger partial charge in [0, 0.05) is 12.1 Å². The first kappa shape index (κ1) is 21.5. The van der Waals surface area contributed by atoms with Crippen LogP contribution in [0.2, 0.25) is 0 Å². The van der Waals surface area contributed by atoms with Crippen molar-refractivity contribution in [3.8, 4) is 0 Å². The minimum atomic E-state index is -3.68. The van der Waals surface area contributed by atoms with E-state index < -0.39 is 21.7 Å². The Bertz CT molecular complexity index is 991. The van der Waals surface area contributed by atoms with Crippen LogP contribution in [-0.2, 0) is 34.2 Å². The third kappa shape index (κ3) is 5.64. The number of hydrogen-bond acceptors (Lipinski definition) is 3. The van der Waals surface area contributed by atoms with Crippen LogP contribution >= 0.6 is 0 Å². The Morgan fingerprint density at radius 3 is 2.52 bits per heavy atom. The van der Waals surface area contributed by atoms with Crippen molar-refractivity contribution in [3.63, 3.8) is 0 Å². The Labute approximate surface area is 172 Å². The van der Waals surface area contributed by atoms with E-state index in [1.807, 2.05) is 13.0 Å². The summed E-state index contributed by atoms with van der Waals surface area (Å²) in [4.78, 5) is 12.5. The average Bonchev–Trinajstić information content (AvgIpc) is 2.68. The minimum absolute atomic E-state index is 0.188. The molecule has 1 atom stereocenters. The molecule has 0 heterocycles. The summed E-state index contributed by atoms with van der Waals surface area (Å²) in [5.74, 6) is -0.916. The van der Waals surface area contributed by atoms with Crippen LogP contribution < -0.4 is 5.32 Å². The molecular weight excluding hydrogens is 391 g/mol. The van der Waals surface area contributed by atoms with Gasteiger partial charge >= 0.3 is 0 Å². The Morgan fingerprint density at radius 1 is 1.14 bits per heavy atom. The van der Waals surface area contributed by atoms with Gasteiger partial charge in [-0.15, -0.1) is 0 Å². The smallest absolute Gasteiger partial charge is 0.235 e. The Morgan fingerprint density at radius 2 is 1.83 bits per heavy atom. The topological polar surface area (TPSA) is 66.5 Å². The van der Waals surface area contributed by atoms with E-state index >= 15 is 0 Å². The maximum absolute atomic E-state index is 13.9. The summed E-state index contributed by atoms with van der Waals surface area (Å²) in [7, 11) is -3.68. The second kappa shape index (κ2) is 9.05. The van der Waals surface area contributed by atoms with Crippen LogP contribution in [-0.4, -0.2) is 31.4 Å². The van der Waals surface area contributed by atoms with Gasteiger partial charge < -0.3 is 5.32 Å². The van der Waals surface area contributed by atoms with Gasteiger partial charge in [0.25, 0.3) is 0 Å². The number of carbonyl (C=O) groups is 1. The molecule has 2 aromatic carbocycles. The molecule has 3 rings (SSSR count). The van der Waals surface area contributed by atoms with Gasteiger partial charge in [-0.2, -0.15) is 4.31 Å². The highest BCUT2D eigenvalue weighted by Crippen LogP contribution is 2.24. The molecule has 0 saturated heterocycles. The fraction of sp³-hybridized carbons (Fsp3) is 0.409. The number of carbonyl (C=O) groups excluding carboxylic acids is 1. The van der Waals surface area contributed by atoms with Crippen LogP contribution in [0.3, 0.4) is 0 Å². The number of amides is 1. The van der Waals surface area contributed by atoms with Crippen LogP contribution in [0.5, 0.6) is 0 Å². The first-order valence-corrected chi connectivity index (χ1v) is 11.7. The third-order valence-corrected chi connectivity index (χ3v) is 6.54. The Hall–Kier alpha value is -2.25. The van der Waals surface area contributed by atoms with Gasteiger partial charge in [0.2, 0.25) is 15.9 Å². The summed E-state index contributed by atoms with van der Waals surface area (Å²) in [5, 5.41) is 2.87. The van der Waals surface area contributed by atoms with E-state index in [0.29, 0.717) is 0 Å². The number of sulfonamides is 1. The zero-order valence-corrected chi connectivity index (χ0v) is 17.6. The number of nitrogens with zero attached hydrogens (tertiary/aromatic N) is 1. The molecule has 5 nitrogen and oxygen atoms in total. The molecule has 0 radical (unpaired) electrons. The molecule has 0 aliphatic heterocycles. The van der Waals surface area contributed by atoms with Crippen LogP contribution in [0.25, 0.3) is 0 Å². The first-order chi connectivity index (χ1) is 13.7. The summed E-state index contributed by atoms with van der Waals surface area (Å²) in [6.07, 6.45) is 5.55. The van der Waals surface area contributed by atoms with Crippen LogP contribution in [0.4, 0.5) is 4.39 Å². The van der Waals surface area contributed by atoms with Crippen molar-refractivity contribution in [1.82, 2.24) is 9.62 Å².